The molecule has 0 saturated carbocycles. The van der Waals surface area contributed by atoms with E-state index < -0.39 is 28.7 Å². The summed E-state index contributed by atoms with van der Waals surface area (Å²) in [5.74, 6) is -2.86. The van der Waals surface area contributed by atoms with Crippen LogP contribution >= 0.6 is 0 Å². The normalized spacial score (nSPS) is 12.6. The molecule has 12 aromatic carbocycles. The zero-order chi connectivity index (χ0) is 69.6. The molecule has 490 valence electrons. The molecule has 6 nitrogen and oxygen atoms in total. The largest absolute Gasteiger partial charge is 0.308 e. The first kappa shape index (κ1) is 63.3. The Bertz CT molecular complexity index is 6170. The zero-order valence-electron chi connectivity index (χ0n) is 57.5. The number of nitriles is 2. The van der Waals surface area contributed by atoms with Gasteiger partial charge in [-0.1, -0.05) is 178 Å². The van der Waals surface area contributed by atoms with Gasteiger partial charge in [0.2, 0.25) is 0 Å². The van der Waals surface area contributed by atoms with E-state index >= 15 is 17.6 Å². The van der Waals surface area contributed by atoms with E-state index in [-0.39, 0.29) is 16.2 Å². The zero-order valence-corrected chi connectivity index (χ0v) is 57.5. The molecule has 4 heterocycles. The molecule has 0 aliphatic carbocycles. The van der Waals surface area contributed by atoms with Gasteiger partial charge in [0, 0.05) is 66.3 Å². The Morgan fingerprint density at radius 1 is 0.280 bits per heavy atom. The number of benzene rings is 12. The molecular formula is C90H72F4N6. The number of halogens is 4. The van der Waals surface area contributed by atoms with E-state index in [9.17, 15) is 10.5 Å². The van der Waals surface area contributed by atoms with Crippen molar-refractivity contribution in [3.63, 3.8) is 0 Å². The van der Waals surface area contributed by atoms with Crippen molar-refractivity contribution in [2.45, 2.75) is 104 Å². The molecule has 0 N–H and O–H groups in total. The number of nitrogens with zero attached hydrogens (tertiary/aromatic N) is 6. The van der Waals surface area contributed by atoms with Crippen LogP contribution < -0.4 is 0 Å². The molecule has 0 spiro atoms. The quantitative estimate of drug-likeness (QED) is 0.121. The highest BCUT2D eigenvalue weighted by Crippen LogP contribution is 2.49. The first-order chi connectivity index (χ1) is 47.9. The third-order valence-corrected chi connectivity index (χ3v) is 21.1. The van der Waals surface area contributed by atoms with Crippen LogP contribution in [0.5, 0.6) is 0 Å². The second kappa shape index (κ2) is 23.1. The van der Waals surface area contributed by atoms with Gasteiger partial charge in [-0.25, -0.2) is 17.6 Å². The monoisotopic (exact) mass is 1310 g/mol. The Hall–Kier alpha value is -11.5. The van der Waals surface area contributed by atoms with E-state index in [0.29, 0.717) is 56.1 Å². The van der Waals surface area contributed by atoms with Crippen molar-refractivity contribution in [1.82, 2.24) is 18.3 Å². The highest BCUT2D eigenvalue weighted by Gasteiger charge is 2.32. The van der Waals surface area contributed by atoms with Crippen LogP contribution in [0.25, 0.3) is 132 Å². The molecule has 16 rings (SSSR count). The molecule has 0 atom stereocenters. The Morgan fingerprint density at radius 2 is 0.550 bits per heavy atom. The minimum absolute atomic E-state index is 0.138. The van der Waals surface area contributed by atoms with Gasteiger partial charge in [-0.2, -0.15) is 10.5 Å². The maximum absolute atomic E-state index is 16.0. The molecule has 4 aromatic heterocycles. The molecule has 10 heteroatoms. The van der Waals surface area contributed by atoms with Crippen LogP contribution in [0.1, 0.15) is 115 Å². The molecule has 100 heavy (non-hydrogen) atoms. The number of hydrogen-bond donors (Lipinski definition) is 0. The Balaban J connectivity index is 0.825. The summed E-state index contributed by atoms with van der Waals surface area (Å²) < 4.78 is 72.4. The minimum atomic E-state index is -0.716. The van der Waals surface area contributed by atoms with Crippen molar-refractivity contribution in [2.75, 3.05) is 0 Å². The van der Waals surface area contributed by atoms with E-state index in [2.05, 4.69) is 221 Å². The van der Waals surface area contributed by atoms with Gasteiger partial charge in [0.05, 0.1) is 90.1 Å². The molecule has 16 aromatic rings. The third-order valence-electron chi connectivity index (χ3n) is 21.1. The summed E-state index contributed by atoms with van der Waals surface area (Å²) in [6.07, 6.45) is 1.55. The molecule has 0 bridgehead atoms. The molecule has 0 fully saturated rings. The molecule has 0 amide bonds. The Labute approximate surface area is 578 Å². The lowest BCUT2D eigenvalue weighted by Crippen LogP contribution is -2.24. The van der Waals surface area contributed by atoms with Crippen LogP contribution in [0.3, 0.4) is 0 Å². The van der Waals surface area contributed by atoms with Gasteiger partial charge in [0.25, 0.3) is 0 Å². The van der Waals surface area contributed by atoms with Gasteiger partial charge in [-0.05, 0) is 177 Å². The Morgan fingerprint density at radius 3 is 0.920 bits per heavy atom. The van der Waals surface area contributed by atoms with Crippen LogP contribution in [0, 0.1) is 45.9 Å². The summed E-state index contributed by atoms with van der Waals surface area (Å²) in [5, 5.41) is 30.2. The van der Waals surface area contributed by atoms with Crippen molar-refractivity contribution < 1.29 is 17.6 Å². The average molecular weight is 1310 g/mol. The summed E-state index contributed by atoms with van der Waals surface area (Å²) in [7, 11) is 0. The smallest absolute Gasteiger partial charge is 0.126 e. The molecule has 0 unspecified atom stereocenters. The fourth-order valence-electron chi connectivity index (χ4n) is 15.7. The summed E-state index contributed by atoms with van der Waals surface area (Å²) in [6, 6.07) is 78.8. The SMILES string of the molecule is CC(C)(C)c1ccc2c(c1)c1ccccc1n2-c1cc(C#N)cc(-n2c3ccccc3c3cc(C(C)(C)CCC(C)(C)c4ccc5c6ccccc6n(-c6cc(C#N)cc(-n7c8ccccc8c8ccc(C(C)(C)C)cc87)c6-c6cc(F)cc(F)c6)c5c4)ccc32)c1-c1cc(F)cc(F)c1. The maximum Gasteiger partial charge on any atom is 0.126 e. The molecule has 0 aliphatic heterocycles. The summed E-state index contributed by atoms with van der Waals surface area (Å²) in [5.41, 5.74) is 15.4. The van der Waals surface area contributed by atoms with E-state index in [1.165, 1.54) is 29.8 Å². The van der Waals surface area contributed by atoms with Gasteiger partial charge in [0.1, 0.15) is 23.3 Å². The molecule has 0 aliphatic rings. The fraction of sp³-hybridized carbons (Fsp3) is 0.178. The number of hydrogen-bond acceptors (Lipinski definition) is 2. The standard InChI is InChI=1S/C90H72F4N6/c1-87(2,3)57-29-33-77-71(45-57)67-21-13-17-25-75(67)97(77)81-37-53(51-95)38-82(85(81)55-41-61(91)49-62(92)42-55)98-76-26-18-14-22-68(76)72-46-59(30-34-78(72)98)89(7,8)35-36-90(9,10)60-28-32-70-66-20-12-16-24-74(66)100(80(70)48-60)84-40-54(52-96)39-83(86(84)56-43-63(93)50-64(94)44-56)99-73-23-15-11-19-65(73)69-31-27-58(47-79(69)99)88(4,5)6/h11-34,37-50H,35-36H2,1-10H3. The third kappa shape index (κ3) is 10.3. The number of fused-ring (bicyclic) bond motifs is 12. The lowest BCUT2D eigenvalue weighted by Gasteiger charge is -2.32. The second-order valence-electron chi connectivity index (χ2n) is 30.4. The van der Waals surface area contributed by atoms with Gasteiger partial charge >= 0.3 is 0 Å². The van der Waals surface area contributed by atoms with Crippen LogP contribution in [-0.2, 0) is 21.7 Å². The van der Waals surface area contributed by atoms with Gasteiger partial charge in [-0.15, -0.1) is 0 Å². The second-order valence-corrected chi connectivity index (χ2v) is 30.4. The number of rotatable bonds is 11. The summed E-state index contributed by atoms with van der Waals surface area (Å²) in [4.78, 5) is 0. The van der Waals surface area contributed by atoms with Crippen LogP contribution in [0.4, 0.5) is 17.6 Å². The highest BCUT2D eigenvalue weighted by atomic mass is 19.1. The van der Waals surface area contributed by atoms with Crippen molar-refractivity contribution in [2.24, 2.45) is 0 Å². The van der Waals surface area contributed by atoms with Crippen molar-refractivity contribution in [3.8, 4) is 57.1 Å². The first-order valence-corrected chi connectivity index (χ1v) is 34.1. The number of aromatic nitrogens is 4. The molecular weight excluding hydrogens is 1240 g/mol. The topological polar surface area (TPSA) is 67.3 Å². The molecule has 0 saturated heterocycles. The van der Waals surface area contributed by atoms with Crippen LogP contribution in [-0.4, -0.2) is 18.3 Å². The van der Waals surface area contributed by atoms with E-state index in [1.54, 1.807) is 0 Å². The van der Waals surface area contributed by atoms with E-state index in [4.69, 9.17) is 0 Å². The molecule has 0 radical (unpaired) electrons. The van der Waals surface area contributed by atoms with Crippen molar-refractivity contribution in [3.05, 3.63) is 287 Å². The highest BCUT2D eigenvalue weighted by molar-refractivity contribution is 6.15. The summed E-state index contributed by atoms with van der Waals surface area (Å²) in [6.45, 7) is 22.3. The summed E-state index contributed by atoms with van der Waals surface area (Å²) >= 11 is 0. The Kier molecular flexibility index (Phi) is 14.6. The number of para-hydroxylation sites is 4. The lowest BCUT2D eigenvalue weighted by atomic mass is 9.72. The van der Waals surface area contributed by atoms with Gasteiger partial charge in [-0.3, -0.25) is 0 Å². The van der Waals surface area contributed by atoms with Crippen molar-refractivity contribution in [1.29, 1.82) is 10.5 Å². The van der Waals surface area contributed by atoms with Gasteiger partial charge < -0.3 is 18.3 Å². The minimum Gasteiger partial charge on any atom is -0.308 e. The van der Waals surface area contributed by atoms with Gasteiger partial charge in [0.15, 0.2) is 0 Å². The van der Waals surface area contributed by atoms with Crippen LogP contribution in [0.15, 0.2) is 231 Å². The first-order valence-electron chi connectivity index (χ1n) is 34.1. The predicted molar refractivity (Wildman–Crippen MR) is 403 cm³/mol. The average Bonchev–Trinajstić information content (AvgIpc) is 1.57. The predicted octanol–water partition coefficient (Wildman–Crippen LogP) is 24.3. The van der Waals surface area contributed by atoms with E-state index in [1.807, 2.05) is 72.8 Å². The van der Waals surface area contributed by atoms with Crippen molar-refractivity contribution >= 4 is 87.2 Å². The van der Waals surface area contributed by atoms with Crippen LogP contribution in [0.2, 0.25) is 0 Å². The lowest BCUT2D eigenvalue weighted by molar-refractivity contribution is 0.375. The maximum atomic E-state index is 16.0. The van der Waals surface area contributed by atoms with E-state index in [0.717, 1.165) is 129 Å². The fourth-order valence-corrected chi connectivity index (χ4v) is 15.7.